The van der Waals surface area contributed by atoms with Gasteiger partial charge in [0.05, 0.1) is 18.1 Å². The molecule has 4 heteroatoms. The van der Waals surface area contributed by atoms with Gasteiger partial charge in [0.15, 0.2) is 0 Å². The highest BCUT2D eigenvalue weighted by molar-refractivity contribution is 5.83. The first-order valence-electron chi connectivity index (χ1n) is 6.27. The predicted molar refractivity (Wildman–Crippen MR) is 63.9 cm³/mol. The lowest BCUT2D eigenvalue weighted by atomic mass is 9.81. The number of nitrogens with two attached hydrogens (primary N) is 1. The molecule has 3 N–H and O–H groups in total. The Hall–Kier alpha value is -0.610. The lowest BCUT2D eigenvalue weighted by Crippen LogP contribution is -2.50. The van der Waals surface area contributed by atoms with Crippen molar-refractivity contribution in [1.29, 1.82) is 0 Å². The normalized spacial score (nSPS) is 21.5. The van der Waals surface area contributed by atoms with Gasteiger partial charge >= 0.3 is 0 Å². The number of carbonyl (C=O) groups excluding carboxylic acids is 1. The van der Waals surface area contributed by atoms with Crippen LogP contribution in [0.15, 0.2) is 0 Å². The molecule has 1 atom stereocenters. The summed E-state index contributed by atoms with van der Waals surface area (Å²) in [4.78, 5) is 14.3. The number of likely N-dealkylation sites (tertiary alicyclic amines) is 1. The minimum Gasteiger partial charge on any atom is -0.394 e. The molecular formula is C12H24N2O2. The maximum atomic E-state index is 12.5. The first-order chi connectivity index (χ1) is 7.65. The first-order valence-corrected chi connectivity index (χ1v) is 6.27. The molecule has 0 aliphatic carbocycles. The highest BCUT2D eigenvalue weighted by Gasteiger charge is 2.40. The summed E-state index contributed by atoms with van der Waals surface area (Å²) >= 11 is 0. The van der Waals surface area contributed by atoms with Crippen molar-refractivity contribution >= 4 is 5.91 Å². The summed E-state index contributed by atoms with van der Waals surface area (Å²) in [6, 6.07) is 0.0107. The summed E-state index contributed by atoms with van der Waals surface area (Å²) in [6.07, 6.45) is 3.45. The van der Waals surface area contributed by atoms with E-state index < -0.39 is 5.41 Å². The highest BCUT2D eigenvalue weighted by Crippen LogP contribution is 2.31. The van der Waals surface area contributed by atoms with Gasteiger partial charge in [0.2, 0.25) is 5.91 Å². The number of rotatable bonds is 5. The van der Waals surface area contributed by atoms with Crippen molar-refractivity contribution in [1.82, 2.24) is 4.90 Å². The number of hydrogen-bond donors (Lipinski definition) is 2. The van der Waals surface area contributed by atoms with Gasteiger partial charge < -0.3 is 15.7 Å². The maximum absolute atomic E-state index is 12.5. The van der Waals surface area contributed by atoms with E-state index in [9.17, 15) is 9.90 Å². The fourth-order valence-electron chi connectivity index (χ4n) is 2.53. The SMILES string of the molecule is CCC(CC)(CN)C(=O)N1CCCC1CO. The minimum atomic E-state index is -0.419. The third-order valence-corrected chi connectivity index (χ3v) is 4.05. The van der Waals surface area contributed by atoms with Crippen LogP contribution in [-0.2, 0) is 4.79 Å². The summed E-state index contributed by atoms with van der Waals surface area (Å²) in [5, 5.41) is 9.24. The fourth-order valence-corrected chi connectivity index (χ4v) is 2.53. The smallest absolute Gasteiger partial charge is 0.230 e. The molecule has 4 nitrogen and oxygen atoms in total. The topological polar surface area (TPSA) is 66.6 Å². The van der Waals surface area contributed by atoms with Crippen molar-refractivity contribution < 1.29 is 9.90 Å². The Morgan fingerprint density at radius 3 is 2.56 bits per heavy atom. The molecule has 1 aliphatic heterocycles. The highest BCUT2D eigenvalue weighted by atomic mass is 16.3. The van der Waals surface area contributed by atoms with Crippen molar-refractivity contribution in [2.24, 2.45) is 11.1 Å². The molecule has 1 heterocycles. The molecule has 0 aromatic heterocycles. The second-order valence-corrected chi connectivity index (χ2v) is 4.67. The standard InChI is InChI=1S/C12H24N2O2/c1-3-12(4-2,9-13)11(16)14-7-5-6-10(14)8-15/h10,15H,3-9,13H2,1-2H3. The van der Waals surface area contributed by atoms with E-state index in [2.05, 4.69) is 0 Å². The van der Waals surface area contributed by atoms with Crippen LogP contribution >= 0.6 is 0 Å². The molecule has 0 radical (unpaired) electrons. The van der Waals surface area contributed by atoms with Gasteiger partial charge in [-0.15, -0.1) is 0 Å². The number of aliphatic hydroxyl groups excluding tert-OH is 1. The monoisotopic (exact) mass is 228 g/mol. The summed E-state index contributed by atoms with van der Waals surface area (Å²) in [5.41, 5.74) is 5.36. The molecular weight excluding hydrogens is 204 g/mol. The molecule has 1 aliphatic rings. The molecule has 0 bridgehead atoms. The summed E-state index contributed by atoms with van der Waals surface area (Å²) < 4.78 is 0. The molecule has 0 aromatic rings. The van der Waals surface area contributed by atoms with E-state index in [0.717, 1.165) is 32.2 Å². The van der Waals surface area contributed by atoms with E-state index in [1.54, 1.807) is 0 Å². The third kappa shape index (κ3) is 2.23. The predicted octanol–water partition coefficient (Wildman–Crippen LogP) is 0.735. The van der Waals surface area contributed by atoms with Crippen LogP contribution in [0.25, 0.3) is 0 Å². The second-order valence-electron chi connectivity index (χ2n) is 4.67. The van der Waals surface area contributed by atoms with E-state index in [1.165, 1.54) is 0 Å². The van der Waals surface area contributed by atoms with E-state index >= 15 is 0 Å². The van der Waals surface area contributed by atoms with Gasteiger partial charge in [-0.1, -0.05) is 13.8 Å². The number of aliphatic hydroxyl groups is 1. The molecule has 16 heavy (non-hydrogen) atoms. The third-order valence-electron chi connectivity index (χ3n) is 4.05. The molecule has 1 fully saturated rings. The van der Waals surface area contributed by atoms with Crippen LogP contribution in [-0.4, -0.2) is 41.7 Å². The lowest BCUT2D eigenvalue weighted by molar-refractivity contribution is -0.143. The Morgan fingerprint density at radius 1 is 1.50 bits per heavy atom. The number of hydrogen-bond acceptors (Lipinski definition) is 3. The van der Waals surface area contributed by atoms with Gasteiger partial charge in [0.25, 0.3) is 0 Å². The molecule has 0 saturated carbocycles. The Labute approximate surface area is 97.8 Å². The second kappa shape index (κ2) is 5.64. The zero-order valence-corrected chi connectivity index (χ0v) is 10.4. The summed E-state index contributed by atoms with van der Waals surface area (Å²) in [7, 11) is 0. The van der Waals surface area contributed by atoms with Gasteiger partial charge in [0, 0.05) is 13.1 Å². The van der Waals surface area contributed by atoms with Gasteiger partial charge in [-0.3, -0.25) is 4.79 Å². The Bertz CT molecular complexity index is 231. The van der Waals surface area contributed by atoms with E-state index in [-0.39, 0.29) is 18.6 Å². The van der Waals surface area contributed by atoms with E-state index in [4.69, 9.17) is 5.73 Å². The van der Waals surface area contributed by atoms with Crippen molar-refractivity contribution in [3.63, 3.8) is 0 Å². The van der Waals surface area contributed by atoms with Crippen LogP contribution in [0.3, 0.4) is 0 Å². The van der Waals surface area contributed by atoms with Gasteiger partial charge in [-0.25, -0.2) is 0 Å². The summed E-state index contributed by atoms with van der Waals surface area (Å²) in [6.45, 7) is 5.26. The molecule has 94 valence electrons. The molecule has 1 unspecified atom stereocenters. The maximum Gasteiger partial charge on any atom is 0.230 e. The molecule has 1 saturated heterocycles. The quantitative estimate of drug-likeness (QED) is 0.729. The zero-order valence-electron chi connectivity index (χ0n) is 10.4. The van der Waals surface area contributed by atoms with Crippen LogP contribution < -0.4 is 5.73 Å². The minimum absolute atomic E-state index is 0.0107. The Balaban J connectivity index is 2.82. The molecule has 1 rings (SSSR count). The number of amides is 1. The lowest BCUT2D eigenvalue weighted by Gasteiger charge is -2.35. The van der Waals surface area contributed by atoms with Crippen molar-refractivity contribution in [3.05, 3.63) is 0 Å². The van der Waals surface area contributed by atoms with Crippen molar-refractivity contribution in [2.75, 3.05) is 19.7 Å². The van der Waals surface area contributed by atoms with Crippen LogP contribution in [0.1, 0.15) is 39.5 Å². The molecule has 0 aromatic carbocycles. The van der Waals surface area contributed by atoms with E-state index in [1.807, 2.05) is 18.7 Å². The van der Waals surface area contributed by atoms with Gasteiger partial charge in [-0.05, 0) is 25.7 Å². The van der Waals surface area contributed by atoms with Crippen LogP contribution in [0.4, 0.5) is 0 Å². The zero-order chi connectivity index (χ0) is 12.2. The van der Waals surface area contributed by atoms with E-state index in [0.29, 0.717) is 6.54 Å². The number of carbonyl (C=O) groups is 1. The van der Waals surface area contributed by atoms with Crippen LogP contribution in [0.2, 0.25) is 0 Å². The first kappa shape index (κ1) is 13.5. The fraction of sp³-hybridized carbons (Fsp3) is 0.917. The molecule has 1 amide bonds. The average Bonchev–Trinajstić information content (AvgIpc) is 2.79. The Morgan fingerprint density at radius 2 is 2.12 bits per heavy atom. The van der Waals surface area contributed by atoms with Crippen LogP contribution in [0.5, 0.6) is 0 Å². The molecule has 0 spiro atoms. The van der Waals surface area contributed by atoms with Crippen molar-refractivity contribution in [2.45, 2.75) is 45.6 Å². The summed E-state index contributed by atoms with van der Waals surface area (Å²) in [5.74, 6) is 0.136. The Kier molecular flexibility index (Phi) is 4.74. The van der Waals surface area contributed by atoms with Gasteiger partial charge in [-0.2, -0.15) is 0 Å². The van der Waals surface area contributed by atoms with Gasteiger partial charge in [0.1, 0.15) is 0 Å². The van der Waals surface area contributed by atoms with Crippen molar-refractivity contribution in [3.8, 4) is 0 Å². The average molecular weight is 228 g/mol. The largest absolute Gasteiger partial charge is 0.394 e. The van der Waals surface area contributed by atoms with Crippen LogP contribution in [0, 0.1) is 5.41 Å². The number of nitrogens with zero attached hydrogens (tertiary/aromatic N) is 1.